The van der Waals surface area contributed by atoms with E-state index in [0.29, 0.717) is 23.7 Å². The average molecular weight is 393 g/mol. The molecule has 0 unspecified atom stereocenters. The van der Waals surface area contributed by atoms with Crippen LogP contribution < -0.4 is 5.32 Å². The zero-order valence-electron chi connectivity index (χ0n) is 14.8. The summed E-state index contributed by atoms with van der Waals surface area (Å²) in [5.41, 5.74) is 1.18. The van der Waals surface area contributed by atoms with Crippen LogP contribution in [-0.2, 0) is 14.8 Å². The lowest BCUT2D eigenvalue weighted by Gasteiger charge is -2.31. The molecule has 2 heterocycles. The highest BCUT2D eigenvalue weighted by molar-refractivity contribution is 7.91. The van der Waals surface area contributed by atoms with Gasteiger partial charge < -0.3 is 5.32 Å². The van der Waals surface area contributed by atoms with Gasteiger partial charge in [0.1, 0.15) is 4.21 Å². The van der Waals surface area contributed by atoms with E-state index in [0.717, 1.165) is 6.42 Å². The maximum absolute atomic E-state index is 12.7. The van der Waals surface area contributed by atoms with Gasteiger partial charge in [-0.3, -0.25) is 4.79 Å². The molecule has 7 heteroatoms. The fourth-order valence-electron chi connectivity index (χ4n) is 3.21. The van der Waals surface area contributed by atoms with E-state index in [1.807, 2.05) is 30.3 Å². The van der Waals surface area contributed by atoms with Gasteiger partial charge in [0, 0.05) is 19.6 Å². The summed E-state index contributed by atoms with van der Waals surface area (Å²) in [5.74, 6) is -0.130. The second kappa shape index (κ2) is 8.33. The van der Waals surface area contributed by atoms with Crippen LogP contribution in [0.1, 0.15) is 31.2 Å². The third kappa shape index (κ3) is 4.34. The first-order valence-electron chi connectivity index (χ1n) is 8.85. The van der Waals surface area contributed by atoms with Gasteiger partial charge in [0.15, 0.2) is 0 Å². The number of sulfonamides is 1. The van der Waals surface area contributed by atoms with E-state index in [1.54, 1.807) is 17.5 Å². The number of nitrogens with one attached hydrogen (secondary N) is 1. The van der Waals surface area contributed by atoms with Crippen LogP contribution in [0.15, 0.2) is 52.1 Å². The minimum Gasteiger partial charge on any atom is -0.355 e. The summed E-state index contributed by atoms with van der Waals surface area (Å²) in [4.78, 5) is 12.6. The van der Waals surface area contributed by atoms with Crippen molar-refractivity contribution in [3.8, 4) is 0 Å². The van der Waals surface area contributed by atoms with Crippen LogP contribution in [0, 0.1) is 5.92 Å². The number of benzene rings is 1. The number of hydrogen-bond donors (Lipinski definition) is 1. The molecule has 1 aromatic heterocycles. The Balaban J connectivity index is 1.58. The Labute approximate surface area is 159 Å². The zero-order chi connectivity index (χ0) is 18.6. The van der Waals surface area contributed by atoms with Gasteiger partial charge in [-0.15, -0.1) is 11.3 Å². The summed E-state index contributed by atoms with van der Waals surface area (Å²) in [6.07, 6.45) is 1.43. The van der Waals surface area contributed by atoms with Crippen molar-refractivity contribution in [3.05, 3.63) is 53.4 Å². The number of rotatable bonds is 6. The van der Waals surface area contributed by atoms with Gasteiger partial charge in [0.05, 0.1) is 5.92 Å². The van der Waals surface area contributed by atoms with Crippen molar-refractivity contribution in [1.82, 2.24) is 9.62 Å². The minimum atomic E-state index is -3.49. The van der Waals surface area contributed by atoms with E-state index < -0.39 is 10.0 Å². The fraction of sp³-hybridized carbons (Fsp3) is 0.421. The molecule has 0 aliphatic carbocycles. The first-order chi connectivity index (χ1) is 12.5. The van der Waals surface area contributed by atoms with Crippen LogP contribution in [0.4, 0.5) is 0 Å². The number of piperidine rings is 1. The molecule has 2 aromatic rings. The molecular weight excluding hydrogens is 368 g/mol. The van der Waals surface area contributed by atoms with Gasteiger partial charge in [-0.05, 0) is 35.8 Å². The third-order valence-electron chi connectivity index (χ3n) is 4.80. The standard InChI is InChI=1S/C19H24N2O3S2/c1-15(16-7-3-2-4-8-16)13-20-19(22)17-9-5-11-21(14-17)26(23,24)18-10-6-12-25-18/h2-4,6-8,10,12,15,17H,5,9,11,13-14H2,1H3,(H,20,22)/t15-,17-/m1/s1. The van der Waals surface area contributed by atoms with Crippen molar-refractivity contribution < 1.29 is 13.2 Å². The number of amides is 1. The van der Waals surface area contributed by atoms with Gasteiger partial charge in [0.2, 0.25) is 5.91 Å². The van der Waals surface area contributed by atoms with Crippen molar-refractivity contribution in [3.63, 3.8) is 0 Å². The van der Waals surface area contributed by atoms with Crippen LogP contribution in [0.25, 0.3) is 0 Å². The molecule has 3 rings (SSSR count). The molecule has 0 spiro atoms. The van der Waals surface area contributed by atoms with Crippen LogP contribution in [0.3, 0.4) is 0 Å². The lowest BCUT2D eigenvalue weighted by atomic mass is 9.97. The fourth-order valence-corrected chi connectivity index (χ4v) is 5.88. The number of carbonyl (C=O) groups excluding carboxylic acids is 1. The van der Waals surface area contributed by atoms with Crippen molar-refractivity contribution >= 4 is 27.3 Å². The smallest absolute Gasteiger partial charge is 0.252 e. The van der Waals surface area contributed by atoms with Gasteiger partial charge in [-0.2, -0.15) is 4.31 Å². The Morgan fingerprint density at radius 1 is 1.27 bits per heavy atom. The van der Waals surface area contributed by atoms with E-state index in [1.165, 1.54) is 21.2 Å². The predicted molar refractivity (Wildman–Crippen MR) is 104 cm³/mol. The highest BCUT2D eigenvalue weighted by Gasteiger charge is 2.33. The van der Waals surface area contributed by atoms with Crippen molar-refractivity contribution in [2.24, 2.45) is 5.92 Å². The third-order valence-corrected chi connectivity index (χ3v) is 8.03. The monoisotopic (exact) mass is 392 g/mol. The maximum Gasteiger partial charge on any atom is 0.252 e. The van der Waals surface area contributed by atoms with Crippen LogP contribution in [0.2, 0.25) is 0 Å². The minimum absolute atomic E-state index is 0.0566. The second-order valence-corrected chi connectivity index (χ2v) is 9.80. The van der Waals surface area contributed by atoms with E-state index >= 15 is 0 Å². The number of thiophene rings is 1. The molecule has 140 valence electrons. The summed E-state index contributed by atoms with van der Waals surface area (Å²) in [6, 6.07) is 13.4. The van der Waals surface area contributed by atoms with Crippen LogP contribution >= 0.6 is 11.3 Å². The first kappa shape index (κ1) is 19.1. The SMILES string of the molecule is C[C@H](CNC(=O)[C@@H]1CCCN(S(=O)(=O)c2cccs2)C1)c1ccccc1. The van der Waals surface area contributed by atoms with E-state index in [2.05, 4.69) is 12.2 Å². The molecule has 5 nitrogen and oxygen atoms in total. The molecule has 1 aliphatic rings. The average Bonchev–Trinajstić information content (AvgIpc) is 3.22. The van der Waals surface area contributed by atoms with E-state index in [-0.39, 0.29) is 24.3 Å². The predicted octanol–water partition coefficient (Wildman–Crippen LogP) is 3.07. The number of hydrogen-bond acceptors (Lipinski definition) is 4. The molecular formula is C19H24N2O3S2. The number of nitrogens with zero attached hydrogens (tertiary/aromatic N) is 1. The molecule has 1 aromatic carbocycles. The van der Waals surface area contributed by atoms with Gasteiger partial charge in [-0.1, -0.05) is 43.3 Å². The Bertz CT molecular complexity index is 820. The van der Waals surface area contributed by atoms with E-state index in [4.69, 9.17) is 0 Å². The Kier molecular flexibility index (Phi) is 6.11. The lowest BCUT2D eigenvalue weighted by Crippen LogP contribution is -2.45. The Morgan fingerprint density at radius 3 is 2.73 bits per heavy atom. The molecule has 1 N–H and O–H groups in total. The molecule has 2 atom stereocenters. The quantitative estimate of drug-likeness (QED) is 0.822. The maximum atomic E-state index is 12.7. The molecule has 1 fully saturated rings. The summed E-state index contributed by atoms with van der Waals surface area (Å²) in [5, 5.41) is 4.76. The highest BCUT2D eigenvalue weighted by atomic mass is 32.2. The molecule has 0 bridgehead atoms. The highest BCUT2D eigenvalue weighted by Crippen LogP contribution is 2.26. The van der Waals surface area contributed by atoms with Crippen LogP contribution in [0.5, 0.6) is 0 Å². The topological polar surface area (TPSA) is 66.5 Å². The Morgan fingerprint density at radius 2 is 2.04 bits per heavy atom. The summed E-state index contributed by atoms with van der Waals surface area (Å²) >= 11 is 1.21. The second-order valence-electron chi connectivity index (χ2n) is 6.69. The van der Waals surface area contributed by atoms with Gasteiger partial charge in [-0.25, -0.2) is 8.42 Å². The molecule has 1 aliphatic heterocycles. The molecule has 1 saturated heterocycles. The first-order valence-corrected chi connectivity index (χ1v) is 11.2. The molecule has 0 saturated carbocycles. The van der Waals surface area contributed by atoms with Gasteiger partial charge in [0.25, 0.3) is 10.0 Å². The summed E-state index contributed by atoms with van der Waals surface area (Å²) < 4.78 is 27.1. The largest absolute Gasteiger partial charge is 0.355 e. The zero-order valence-corrected chi connectivity index (χ0v) is 16.4. The number of carbonyl (C=O) groups is 1. The van der Waals surface area contributed by atoms with Crippen molar-refractivity contribution in [2.75, 3.05) is 19.6 Å². The van der Waals surface area contributed by atoms with Crippen molar-refractivity contribution in [1.29, 1.82) is 0 Å². The molecule has 1 amide bonds. The Hall–Kier alpha value is -1.70. The summed E-state index contributed by atoms with van der Waals surface area (Å²) in [7, 11) is -3.49. The normalized spacial score (nSPS) is 19.8. The van der Waals surface area contributed by atoms with Crippen molar-refractivity contribution in [2.45, 2.75) is 29.9 Å². The summed E-state index contributed by atoms with van der Waals surface area (Å²) in [6.45, 7) is 3.36. The molecule has 0 radical (unpaired) electrons. The van der Waals surface area contributed by atoms with Crippen LogP contribution in [-0.4, -0.2) is 38.3 Å². The lowest BCUT2D eigenvalue weighted by molar-refractivity contribution is -0.126. The molecule has 26 heavy (non-hydrogen) atoms. The van der Waals surface area contributed by atoms with E-state index in [9.17, 15) is 13.2 Å². The van der Waals surface area contributed by atoms with Gasteiger partial charge >= 0.3 is 0 Å².